The number of thiazole rings is 1. The van der Waals surface area contributed by atoms with Gasteiger partial charge in [0.05, 0.1) is 16.8 Å². The van der Waals surface area contributed by atoms with Gasteiger partial charge in [-0.1, -0.05) is 12.8 Å². The van der Waals surface area contributed by atoms with Gasteiger partial charge in [0.25, 0.3) is 17.7 Å². The first-order valence-electron chi connectivity index (χ1n) is 8.73. The van der Waals surface area contributed by atoms with Gasteiger partial charge in [0.15, 0.2) is 5.13 Å². The molecule has 1 aliphatic heterocycles. The molecule has 1 fully saturated rings. The van der Waals surface area contributed by atoms with E-state index < -0.39 is 0 Å². The molecular formula is C19H19N3O3S. The van der Waals surface area contributed by atoms with Crippen LogP contribution in [0.4, 0.5) is 5.13 Å². The number of rotatable bonds is 3. The Bertz CT molecular complexity index is 909. The monoisotopic (exact) mass is 369 g/mol. The van der Waals surface area contributed by atoms with Crippen LogP contribution in [0, 0.1) is 13.8 Å². The number of benzene rings is 1. The predicted molar refractivity (Wildman–Crippen MR) is 98.7 cm³/mol. The smallest absolute Gasteiger partial charge is 0.261 e. The summed E-state index contributed by atoms with van der Waals surface area (Å²) in [5.41, 5.74) is 1.94. The third kappa shape index (κ3) is 2.72. The molecule has 6 nitrogen and oxygen atoms in total. The van der Waals surface area contributed by atoms with Crippen molar-refractivity contribution in [2.45, 2.75) is 45.6 Å². The zero-order chi connectivity index (χ0) is 18.4. The second-order valence-electron chi connectivity index (χ2n) is 6.79. The fraction of sp³-hybridized carbons (Fsp3) is 0.368. The van der Waals surface area contributed by atoms with E-state index in [0.717, 1.165) is 36.3 Å². The second-order valence-corrected chi connectivity index (χ2v) is 8.00. The fourth-order valence-electron chi connectivity index (χ4n) is 3.59. The fourth-order valence-corrected chi connectivity index (χ4v) is 4.40. The van der Waals surface area contributed by atoms with Gasteiger partial charge >= 0.3 is 0 Å². The van der Waals surface area contributed by atoms with Crippen molar-refractivity contribution in [3.63, 3.8) is 0 Å². The molecule has 3 amide bonds. The van der Waals surface area contributed by atoms with Crippen molar-refractivity contribution >= 4 is 34.2 Å². The van der Waals surface area contributed by atoms with Crippen molar-refractivity contribution in [3.05, 3.63) is 45.5 Å². The Hall–Kier alpha value is -2.54. The van der Waals surface area contributed by atoms with Crippen LogP contribution in [0.5, 0.6) is 0 Å². The molecule has 0 spiro atoms. The number of aryl methyl sites for hydroxylation is 2. The molecule has 1 aromatic carbocycles. The Kier molecular flexibility index (Phi) is 4.11. The maximum atomic E-state index is 12.7. The normalized spacial score (nSPS) is 17.1. The number of fused-ring (bicyclic) bond motifs is 1. The Morgan fingerprint density at radius 2 is 1.85 bits per heavy atom. The molecule has 1 saturated carbocycles. The lowest BCUT2D eigenvalue weighted by molar-refractivity contribution is 0.0587. The molecule has 2 aliphatic rings. The lowest BCUT2D eigenvalue weighted by Gasteiger charge is -2.21. The molecule has 0 bridgehead atoms. The first kappa shape index (κ1) is 16.9. The van der Waals surface area contributed by atoms with Crippen LogP contribution in [0.15, 0.2) is 18.2 Å². The topological polar surface area (TPSA) is 79.4 Å². The summed E-state index contributed by atoms with van der Waals surface area (Å²) in [6.45, 7) is 3.83. The summed E-state index contributed by atoms with van der Waals surface area (Å²) in [5, 5.41) is 3.29. The van der Waals surface area contributed by atoms with Gasteiger partial charge in [-0.25, -0.2) is 4.98 Å². The van der Waals surface area contributed by atoms with E-state index in [2.05, 4.69) is 10.3 Å². The number of amides is 3. The van der Waals surface area contributed by atoms with Crippen molar-refractivity contribution in [2.75, 3.05) is 5.32 Å². The molecular weight excluding hydrogens is 350 g/mol. The SMILES string of the molecule is Cc1nc(NC(=O)c2ccc3c(c2)C(=O)N(C2CCCC2)C3=O)sc1C. The van der Waals surface area contributed by atoms with Crippen LogP contribution >= 0.6 is 11.3 Å². The van der Waals surface area contributed by atoms with Crippen molar-refractivity contribution in [1.29, 1.82) is 0 Å². The Morgan fingerprint density at radius 1 is 1.15 bits per heavy atom. The number of carbonyl (C=O) groups excluding carboxylic acids is 3. The maximum Gasteiger partial charge on any atom is 0.261 e. The summed E-state index contributed by atoms with van der Waals surface area (Å²) in [7, 11) is 0. The summed E-state index contributed by atoms with van der Waals surface area (Å²) in [5.74, 6) is -0.858. The molecule has 1 aliphatic carbocycles. The van der Waals surface area contributed by atoms with Crippen LogP contribution in [0.2, 0.25) is 0 Å². The van der Waals surface area contributed by atoms with Crippen LogP contribution in [0.25, 0.3) is 0 Å². The van der Waals surface area contributed by atoms with E-state index in [1.807, 2.05) is 13.8 Å². The van der Waals surface area contributed by atoms with Crippen molar-refractivity contribution < 1.29 is 14.4 Å². The van der Waals surface area contributed by atoms with Crippen LogP contribution in [0.3, 0.4) is 0 Å². The molecule has 134 valence electrons. The van der Waals surface area contributed by atoms with E-state index in [1.54, 1.807) is 12.1 Å². The van der Waals surface area contributed by atoms with Crippen LogP contribution in [-0.2, 0) is 0 Å². The Labute approximate surface area is 155 Å². The van der Waals surface area contributed by atoms with Gasteiger partial charge in [-0.05, 0) is 44.9 Å². The number of anilines is 1. The lowest BCUT2D eigenvalue weighted by atomic mass is 10.1. The van der Waals surface area contributed by atoms with Crippen molar-refractivity contribution in [1.82, 2.24) is 9.88 Å². The predicted octanol–water partition coefficient (Wildman–Crippen LogP) is 3.55. The number of imide groups is 1. The van der Waals surface area contributed by atoms with E-state index >= 15 is 0 Å². The number of aromatic nitrogens is 1. The quantitative estimate of drug-likeness (QED) is 0.839. The number of hydrogen-bond acceptors (Lipinski definition) is 5. The van der Waals surface area contributed by atoms with E-state index in [4.69, 9.17) is 0 Å². The minimum Gasteiger partial charge on any atom is -0.298 e. The van der Waals surface area contributed by atoms with E-state index in [1.165, 1.54) is 22.3 Å². The number of hydrogen-bond donors (Lipinski definition) is 1. The Balaban J connectivity index is 1.59. The third-order valence-electron chi connectivity index (χ3n) is 5.12. The van der Waals surface area contributed by atoms with Gasteiger partial charge in [0, 0.05) is 16.5 Å². The summed E-state index contributed by atoms with van der Waals surface area (Å²) < 4.78 is 0. The Morgan fingerprint density at radius 3 is 2.50 bits per heavy atom. The van der Waals surface area contributed by atoms with Gasteiger partial charge in [0.1, 0.15) is 0 Å². The van der Waals surface area contributed by atoms with Crippen LogP contribution < -0.4 is 5.32 Å². The highest BCUT2D eigenvalue weighted by Crippen LogP contribution is 2.32. The van der Waals surface area contributed by atoms with E-state index in [0.29, 0.717) is 21.8 Å². The standard InChI is InChI=1S/C19H19N3O3S/c1-10-11(2)26-19(20-10)21-16(23)12-7-8-14-15(9-12)18(25)22(17(14)24)13-5-3-4-6-13/h7-9,13H,3-6H2,1-2H3,(H,20,21,23). The lowest BCUT2D eigenvalue weighted by Crippen LogP contribution is -2.38. The molecule has 26 heavy (non-hydrogen) atoms. The summed E-state index contributed by atoms with van der Waals surface area (Å²) in [4.78, 5) is 44.6. The summed E-state index contributed by atoms with van der Waals surface area (Å²) in [6, 6.07) is 4.68. The highest BCUT2D eigenvalue weighted by molar-refractivity contribution is 7.15. The van der Waals surface area contributed by atoms with Gasteiger partial charge in [-0.3, -0.25) is 24.6 Å². The van der Waals surface area contributed by atoms with E-state index in [-0.39, 0.29) is 23.8 Å². The summed E-state index contributed by atoms with van der Waals surface area (Å²) >= 11 is 1.41. The highest BCUT2D eigenvalue weighted by atomic mass is 32.1. The molecule has 0 saturated heterocycles. The molecule has 4 rings (SSSR count). The zero-order valence-electron chi connectivity index (χ0n) is 14.7. The molecule has 7 heteroatoms. The van der Waals surface area contributed by atoms with E-state index in [9.17, 15) is 14.4 Å². The molecule has 0 radical (unpaired) electrons. The number of nitrogens with zero attached hydrogens (tertiary/aromatic N) is 2. The second kappa shape index (κ2) is 6.32. The first-order valence-corrected chi connectivity index (χ1v) is 9.54. The molecule has 2 heterocycles. The average molecular weight is 369 g/mol. The molecule has 1 aromatic heterocycles. The third-order valence-corrected chi connectivity index (χ3v) is 6.11. The summed E-state index contributed by atoms with van der Waals surface area (Å²) in [6.07, 6.45) is 3.81. The molecule has 2 aromatic rings. The van der Waals surface area contributed by atoms with Gasteiger partial charge < -0.3 is 0 Å². The minimum atomic E-state index is -0.332. The number of carbonyl (C=O) groups is 3. The van der Waals surface area contributed by atoms with Gasteiger partial charge in [0.2, 0.25) is 0 Å². The average Bonchev–Trinajstić information content (AvgIpc) is 3.29. The van der Waals surface area contributed by atoms with Crippen LogP contribution in [-0.4, -0.2) is 33.6 Å². The molecule has 0 unspecified atom stereocenters. The van der Waals surface area contributed by atoms with Gasteiger partial charge in [-0.2, -0.15) is 0 Å². The van der Waals surface area contributed by atoms with Crippen molar-refractivity contribution in [2.24, 2.45) is 0 Å². The van der Waals surface area contributed by atoms with Crippen LogP contribution in [0.1, 0.15) is 67.3 Å². The first-order chi connectivity index (χ1) is 12.5. The maximum absolute atomic E-state index is 12.7. The minimum absolute atomic E-state index is 0.0130. The molecule has 0 atom stereocenters. The number of nitrogens with one attached hydrogen (secondary N) is 1. The largest absolute Gasteiger partial charge is 0.298 e. The zero-order valence-corrected chi connectivity index (χ0v) is 15.5. The van der Waals surface area contributed by atoms with Crippen molar-refractivity contribution in [3.8, 4) is 0 Å². The van der Waals surface area contributed by atoms with Gasteiger partial charge in [-0.15, -0.1) is 11.3 Å². The highest BCUT2D eigenvalue weighted by Gasteiger charge is 2.41. The molecule has 1 N–H and O–H groups in total.